The lowest BCUT2D eigenvalue weighted by Gasteiger charge is -2.10. The number of carbonyl (C=O) groups excluding carboxylic acids is 2. The molecule has 0 aliphatic carbocycles. The van der Waals surface area contributed by atoms with E-state index in [-0.39, 0.29) is 17.4 Å². The van der Waals surface area contributed by atoms with Gasteiger partial charge in [0, 0.05) is 28.8 Å². The molecule has 0 fully saturated rings. The maximum atomic E-state index is 12.5. The molecule has 0 radical (unpaired) electrons. The van der Waals surface area contributed by atoms with E-state index in [9.17, 15) is 9.59 Å². The molecule has 3 rings (SSSR count). The minimum Gasteiger partial charge on any atom is -0.322 e. The predicted molar refractivity (Wildman–Crippen MR) is 108 cm³/mol. The Labute approximate surface area is 162 Å². The highest BCUT2D eigenvalue weighted by molar-refractivity contribution is 6.31. The van der Waals surface area contributed by atoms with Crippen LogP contribution in [0.4, 0.5) is 11.4 Å². The van der Waals surface area contributed by atoms with Crippen LogP contribution in [0.1, 0.15) is 31.8 Å². The number of aromatic nitrogens is 1. The first-order valence-corrected chi connectivity index (χ1v) is 8.71. The van der Waals surface area contributed by atoms with Crippen molar-refractivity contribution in [3.05, 3.63) is 88.2 Å². The van der Waals surface area contributed by atoms with Crippen molar-refractivity contribution in [3.8, 4) is 0 Å². The molecule has 3 aromatic rings. The van der Waals surface area contributed by atoms with Gasteiger partial charge in [-0.15, -0.1) is 0 Å². The van der Waals surface area contributed by atoms with E-state index >= 15 is 0 Å². The number of benzene rings is 2. The topological polar surface area (TPSA) is 71.1 Å². The number of amides is 2. The first-order valence-electron chi connectivity index (χ1n) is 8.33. The van der Waals surface area contributed by atoms with Gasteiger partial charge in [-0.1, -0.05) is 35.4 Å². The zero-order valence-corrected chi connectivity index (χ0v) is 15.7. The Kier molecular flexibility index (Phi) is 5.52. The van der Waals surface area contributed by atoms with Gasteiger partial charge in [-0.3, -0.25) is 14.6 Å². The number of anilines is 2. The van der Waals surface area contributed by atoms with Crippen LogP contribution < -0.4 is 10.6 Å². The first-order chi connectivity index (χ1) is 12.9. The monoisotopic (exact) mass is 379 g/mol. The van der Waals surface area contributed by atoms with Crippen molar-refractivity contribution < 1.29 is 9.59 Å². The number of hydrogen-bond acceptors (Lipinski definition) is 3. The van der Waals surface area contributed by atoms with Crippen LogP contribution in [-0.2, 0) is 0 Å². The summed E-state index contributed by atoms with van der Waals surface area (Å²) in [6, 6.07) is 14.1. The molecule has 27 heavy (non-hydrogen) atoms. The lowest BCUT2D eigenvalue weighted by molar-refractivity contribution is 0.102. The summed E-state index contributed by atoms with van der Waals surface area (Å²) < 4.78 is 0. The second kappa shape index (κ2) is 8.01. The molecule has 1 heterocycles. The van der Waals surface area contributed by atoms with Gasteiger partial charge >= 0.3 is 0 Å². The Morgan fingerprint density at radius 2 is 1.59 bits per heavy atom. The number of hydrogen-bond donors (Lipinski definition) is 2. The highest BCUT2D eigenvalue weighted by Crippen LogP contribution is 2.18. The fourth-order valence-electron chi connectivity index (χ4n) is 2.61. The molecule has 1 aromatic heterocycles. The van der Waals surface area contributed by atoms with Crippen molar-refractivity contribution >= 4 is 34.8 Å². The Balaban J connectivity index is 1.76. The number of pyridine rings is 1. The summed E-state index contributed by atoms with van der Waals surface area (Å²) in [5.74, 6) is -0.696. The van der Waals surface area contributed by atoms with E-state index < -0.39 is 0 Å². The molecule has 0 saturated carbocycles. The fraction of sp³-hybridized carbons (Fsp3) is 0.0952. The molecular formula is C21H18ClN3O2. The van der Waals surface area contributed by atoms with Gasteiger partial charge in [0.2, 0.25) is 0 Å². The van der Waals surface area contributed by atoms with E-state index in [4.69, 9.17) is 11.6 Å². The third-order valence-corrected chi connectivity index (χ3v) is 4.21. The summed E-state index contributed by atoms with van der Waals surface area (Å²) >= 11 is 5.92. The smallest absolute Gasteiger partial charge is 0.257 e. The summed E-state index contributed by atoms with van der Waals surface area (Å²) in [6.45, 7) is 3.92. The van der Waals surface area contributed by atoms with Gasteiger partial charge in [0.1, 0.15) is 0 Å². The maximum absolute atomic E-state index is 12.5. The van der Waals surface area contributed by atoms with Crippen LogP contribution in [0.15, 0.2) is 60.9 Å². The lowest BCUT2D eigenvalue weighted by Crippen LogP contribution is -2.16. The molecule has 5 nitrogen and oxygen atoms in total. The van der Waals surface area contributed by atoms with Crippen LogP contribution in [-0.4, -0.2) is 16.8 Å². The molecule has 0 unspecified atom stereocenters. The van der Waals surface area contributed by atoms with Gasteiger partial charge < -0.3 is 10.6 Å². The van der Waals surface area contributed by atoms with E-state index in [1.165, 1.54) is 18.5 Å². The third kappa shape index (κ3) is 4.71. The molecule has 0 bridgehead atoms. The zero-order chi connectivity index (χ0) is 19.4. The molecule has 2 N–H and O–H groups in total. The van der Waals surface area contributed by atoms with Crippen LogP contribution in [0.2, 0.25) is 5.02 Å². The van der Waals surface area contributed by atoms with Crippen LogP contribution in [0.3, 0.4) is 0 Å². The van der Waals surface area contributed by atoms with E-state index in [0.717, 1.165) is 16.8 Å². The van der Waals surface area contributed by atoms with E-state index in [2.05, 4.69) is 15.6 Å². The minimum atomic E-state index is -0.370. The summed E-state index contributed by atoms with van der Waals surface area (Å²) in [5.41, 5.74) is 3.95. The fourth-order valence-corrected chi connectivity index (χ4v) is 2.80. The molecule has 0 aliphatic heterocycles. The molecular weight excluding hydrogens is 362 g/mol. The van der Waals surface area contributed by atoms with Gasteiger partial charge in [-0.2, -0.15) is 0 Å². The maximum Gasteiger partial charge on any atom is 0.257 e. The molecule has 6 heteroatoms. The van der Waals surface area contributed by atoms with E-state index in [1.807, 2.05) is 32.0 Å². The van der Waals surface area contributed by atoms with Crippen LogP contribution >= 0.6 is 11.6 Å². The quantitative estimate of drug-likeness (QED) is 0.680. The van der Waals surface area contributed by atoms with Crippen molar-refractivity contribution in [2.24, 2.45) is 0 Å². The van der Waals surface area contributed by atoms with Crippen LogP contribution in [0.5, 0.6) is 0 Å². The van der Waals surface area contributed by atoms with Crippen molar-refractivity contribution in [1.82, 2.24) is 4.98 Å². The molecule has 2 aromatic carbocycles. The van der Waals surface area contributed by atoms with Crippen LogP contribution in [0.25, 0.3) is 0 Å². The number of halogens is 1. The van der Waals surface area contributed by atoms with Crippen molar-refractivity contribution in [3.63, 3.8) is 0 Å². The second-order valence-corrected chi connectivity index (χ2v) is 6.64. The van der Waals surface area contributed by atoms with Gasteiger partial charge in [-0.25, -0.2) is 0 Å². The summed E-state index contributed by atoms with van der Waals surface area (Å²) in [6.07, 6.45) is 2.84. The SMILES string of the molecule is Cc1ccc(NC(=O)c2cncc(C(=O)Nc3cccc(Cl)c3)c2)c(C)c1. The van der Waals surface area contributed by atoms with E-state index in [1.54, 1.807) is 24.3 Å². The van der Waals surface area contributed by atoms with Gasteiger partial charge in [0.15, 0.2) is 0 Å². The molecule has 0 aliphatic rings. The molecule has 2 amide bonds. The average Bonchev–Trinajstić information content (AvgIpc) is 2.64. The number of nitrogens with one attached hydrogen (secondary N) is 2. The minimum absolute atomic E-state index is 0.281. The number of rotatable bonds is 4. The normalized spacial score (nSPS) is 10.3. The van der Waals surface area contributed by atoms with Crippen LogP contribution in [0, 0.1) is 13.8 Å². The Bertz CT molecular complexity index is 1020. The number of aryl methyl sites for hydroxylation is 2. The molecule has 0 saturated heterocycles. The predicted octanol–water partition coefficient (Wildman–Crippen LogP) is 4.86. The largest absolute Gasteiger partial charge is 0.322 e. The Morgan fingerprint density at radius 3 is 2.26 bits per heavy atom. The standard InChI is InChI=1S/C21H18ClN3O2/c1-13-6-7-19(14(2)8-13)25-21(27)16-9-15(11-23-12-16)20(26)24-18-5-3-4-17(22)10-18/h3-12H,1-2H3,(H,24,26)(H,25,27). The summed E-state index contributed by atoms with van der Waals surface area (Å²) in [7, 11) is 0. The second-order valence-electron chi connectivity index (χ2n) is 6.20. The number of carbonyl (C=O) groups is 2. The molecule has 136 valence electrons. The molecule has 0 atom stereocenters. The third-order valence-electron chi connectivity index (χ3n) is 3.98. The van der Waals surface area contributed by atoms with Gasteiger partial charge in [-0.05, 0) is 49.7 Å². The van der Waals surface area contributed by atoms with E-state index in [0.29, 0.717) is 16.3 Å². The zero-order valence-electron chi connectivity index (χ0n) is 14.9. The lowest BCUT2D eigenvalue weighted by atomic mass is 10.1. The van der Waals surface area contributed by atoms with Gasteiger partial charge in [0.25, 0.3) is 11.8 Å². The summed E-state index contributed by atoms with van der Waals surface area (Å²) in [4.78, 5) is 29.0. The van der Waals surface area contributed by atoms with Crippen molar-refractivity contribution in [1.29, 1.82) is 0 Å². The Hall–Kier alpha value is -3.18. The average molecular weight is 380 g/mol. The van der Waals surface area contributed by atoms with Gasteiger partial charge in [0.05, 0.1) is 11.1 Å². The van der Waals surface area contributed by atoms with Crippen molar-refractivity contribution in [2.75, 3.05) is 10.6 Å². The highest BCUT2D eigenvalue weighted by atomic mass is 35.5. The summed E-state index contributed by atoms with van der Waals surface area (Å²) in [5, 5.41) is 6.10. The Morgan fingerprint density at radius 1 is 0.889 bits per heavy atom. The number of nitrogens with zero attached hydrogens (tertiary/aromatic N) is 1. The molecule has 0 spiro atoms. The first kappa shape index (κ1) is 18.6. The van der Waals surface area contributed by atoms with Crippen molar-refractivity contribution in [2.45, 2.75) is 13.8 Å². The highest BCUT2D eigenvalue weighted by Gasteiger charge is 2.13.